The molecular formula is C49H32N4O. The van der Waals surface area contributed by atoms with Gasteiger partial charge in [0.05, 0.1) is 38.8 Å². The lowest BCUT2D eigenvalue weighted by atomic mass is 9.74. The zero-order valence-electron chi connectivity index (χ0n) is 29.7. The van der Waals surface area contributed by atoms with Crippen LogP contribution in [-0.4, -0.2) is 19.1 Å². The molecule has 0 aliphatic carbocycles. The summed E-state index contributed by atoms with van der Waals surface area (Å²) < 4.78 is 11.3. The van der Waals surface area contributed by atoms with Crippen LogP contribution in [0.1, 0.15) is 25.0 Å². The van der Waals surface area contributed by atoms with Gasteiger partial charge < -0.3 is 8.98 Å². The molecule has 0 N–H and O–H groups in total. The van der Waals surface area contributed by atoms with Gasteiger partial charge in [-0.3, -0.25) is 4.57 Å². The molecule has 11 aromatic rings. The summed E-state index contributed by atoms with van der Waals surface area (Å²) in [6.45, 7) is 4.68. The Morgan fingerprint density at radius 1 is 0.519 bits per heavy atom. The zero-order chi connectivity index (χ0) is 35.7. The molecule has 0 saturated heterocycles. The molecule has 5 heteroatoms. The Hall–Kier alpha value is -6.98. The molecule has 4 aromatic heterocycles. The summed E-state index contributed by atoms with van der Waals surface area (Å²) in [7, 11) is 0. The summed E-state index contributed by atoms with van der Waals surface area (Å²) in [6.07, 6.45) is 0. The van der Waals surface area contributed by atoms with Crippen LogP contribution in [0, 0.1) is 0 Å². The number of benzene rings is 7. The molecule has 7 aromatic carbocycles. The highest BCUT2D eigenvalue weighted by Crippen LogP contribution is 2.50. The Morgan fingerprint density at radius 2 is 1.24 bits per heavy atom. The van der Waals surface area contributed by atoms with Crippen molar-refractivity contribution in [2.75, 3.05) is 0 Å². The quantitative estimate of drug-likeness (QED) is 0.185. The van der Waals surface area contributed by atoms with Crippen LogP contribution in [0.2, 0.25) is 0 Å². The van der Waals surface area contributed by atoms with Gasteiger partial charge in [0.1, 0.15) is 5.58 Å². The van der Waals surface area contributed by atoms with E-state index in [1.807, 2.05) is 6.07 Å². The second-order valence-corrected chi connectivity index (χ2v) is 15.0. The smallest absolute Gasteiger partial charge is 0.213 e. The van der Waals surface area contributed by atoms with Crippen LogP contribution in [0.5, 0.6) is 0 Å². The van der Waals surface area contributed by atoms with Crippen LogP contribution in [0.3, 0.4) is 0 Å². The van der Waals surface area contributed by atoms with Crippen molar-refractivity contribution in [2.24, 2.45) is 0 Å². The van der Waals surface area contributed by atoms with Crippen LogP contribution >= 0.6 is 0 Å². The second-order valence-electron chi connectivity index (χ2n) is 15.0. The fourth-order valence-corrected chi connectivity index (χ4v) is 9.19. The SMILES string of the molecule is CC1(C)c2cc(-c3nc(-c4ccc5c(c4)c4ccccc4n5-c4ccccc4)nc4ccccc34)ccc2-n2c3oc4ccccc4c3c3cccc1c32. The molecule has 0 radical (unpaired) electrons. The van der Waals surface area contributed by atoms with Crippen LogP contribution in [-0.2, 0) is 5.41 Å². The molecule has 0 fully saturated rings. The van der Waals surface area contributed by atoms with E-state index in [-0.39, 0.29) is 5.41 Å². The largest absolute Gasteiger partial charge is 0.439 e. The van der Waals surface area contributed by atoms with Crippen LogP contribution in [0.15, 0.2) is 162 Å². The molecule has 254 valence electrons. The van der Waals surface area contributed by atoms with E-state index in [1.54, 1.807) is 0 Å². The summed E-state index contributed by atoms with van der Waals surface area (Å²) in [6, 6.07) is 56.1. The Morgan fingerprint density at radius 3 is 2.13 bits per heavy atom. The Bertz CT molecular complexity index is 3360. The maximum Gasteiger partial charge on any atom is 0.213 e. The first-order valence-electron chi connectivity index (χ1n) is 18.5. The summed E-state index contributed by atoms with van der Waals surface area (Å²) in [5, 5.41) is 6.95. The lowest BCUT2D eigenvalue weighted by Gasteiger charge is -2.34. The molecule has 54 heavy (non-hydrogen) atoms. The van der Waals surface area contributed by atoms with Crippen molar-refractivity contribution in [1.82, 2.24) is 19.1 Å². The summed E-state index contributed by atoms with van der Waals surface area (Å²) >= 11 is 0. The average molecular weight is 693 g/mol. The first-order valence-corrected chi connectivity index (χ1v) is 18.5. The number of rotatable bonds is 3. The highest BCUT2D eigenvalue weighted by atomic mass is 16.3. The van der Waals surface area contributed by atoms with E-state index in [4.69, 9.17) is 14.4 Å². The van der Waals surface area contributed by atoms with Crippen molar-refractivity contribution < 1.29 is 4.42 Å². The number of hydrogen-bond donors (Lipinski definition) is 0. The fraction of sp³-hybridized carbons (Fsp3) is 0.0612. The molecule has 0 atom stereocenters. The van der Waals surface area contributed by atoms with E-state index in [2.05, 4.69) is 175 Å². The van der Waals surface area contributed by atoms with Gasteiger partial charge in [-0.15, -0.1) is 0 Å². The fourth-order valence-electron chi connectivity index (χ4n) is 9.19. The van der Waals surface area contributed by atoms with Gasteiger partial charge in [0.2, 0.25) is 5.71 Å². The lowest BCUT2D eigenvalue weighted by molar-refractivity contribution is 0.612. The average Bonchev–Trinajstić information content (AvgIpc) is 3.87. The Kier molecular flexibility index (Phi) is 5.78. The highest BCUT2D eigenvalue weighted by molar-refractivity contribution is 6.21. The molecule has 0 unspecified atom stereocenters. The third kappa shape index (κ3) is 3.88. The third-order valence-electron chi connectivity index (χ3n) is 11.7. The van der Waals surface area contributed by atoms with Gasteiger partial charge in [0.15, 0.2) is 5.82 Å². The van der Waals surface area contributed by atoms with E-state index in [0.29, 0.717) is 5.82 Å². The minimum Gasteiger partial charge on any atom is -0.439 e. The maximum atomic E-state index is 6.64. The monoisotopic (exact) mass is 692 g/mol. The summed E-state index contributed by atoms with van der Waals surface area (Å²) in [4.78, 5) is 10.6. The first-order chi connectivity index (χ1) is 26.5. The van der Waals surface area contributed by atoms with Crippen LogP contribution < -0.4 is 0 Å². The van der Waals surface area contributed by atoms with Gasteiger partial charge in [-0.1, -0.05) is 111 Å². The van der Waals surface area contributed by atoms with Gasteiger partial charge in [0, 0.05) is 49.2 Å². The van der Waals surface area contributed by atoms with E-state index in [9.17, 15) is 0 Å². The molecular weight excluding hydrogens is 661 g/mol. The zero-order valence-corrected chi connectivity index (χ0v) is 29.7. The van der Waals surface area contributed by atoms with Crippen molar-refractivity contribution >= 4 is 65.7 Å². The minimum atomic E-state index is -0.268. The molecule has 12 rings (SSSR count). The van der Waals surface area contributed by atoms with Crippen molar-refractivity contribution in [3.05, 3.63) is 169 Å². The van der Waals surface area contributed by atoms with Gasteiger partial charge in [0.25, 0.3) is 0 Å². The van der Waals surface area contributed by atoms with Crippen LogP contribution in [0.4, 0.5) is 0 Å². The number of aromatic nitrogens is 4. The van der Waals surface area contributed by atoms with E-state index in [1.165, 1.54) is 43.7 Å². The van der Waals surface area contributed by atoms with Gasteiger partial charge in [-0.05, 0) is 71.8 Å². The van der Waals surface area contributed by atoms with Crippen molar-refractivity contribution in [2.45, 2.75) is 19.3 Å². The summed E-state index contributed by atoms with van der Waals surface area (Å²) in [5.74, 6) is 0.709. The van der Waals surface area contributed by atoms with Crippen molar-refractivity contribution in [3.63, 3.8) is 0 Å². The van der Waals surface area contributed by atoms with Gasteiger partial charge in [-0.25, -0.2) is 9.97 Å². The van der Waals surface area contributed by atoms with Crippen molar-refractivity contribution in [1.29, 1.82) is 0 Å². The van der Waals surface area contributed by atoms with Crippen molar-refractivity contribution in [3.8, 4) is 34.0 Å². The molecule has 1 aliphatic rings. The number of nitrogens with zero attached hydrogens (tertiary/aromatic N) is 4. The normalized spacial score (nSPS) is 13.5. The number of furan rings is 1. The number of fused-ring (bicyclic) bond motifs is 11. The standard InChI is InChI=1S/C49H32N4O/c1-49(2)37-19-12-18-35-44-34-17-8-11-22-43(34)54-48(44)53(46(35)37)42-26-23-29(28-38(42)49)45-33-16-6-9-20-39(33)50-47(51-45)30-24-25-41-36(27-30)32-15-7-10-21-40(32)52(41)31-13-4-3-5-14-31/h3-28H,1-2H3. The molecule has 0 spiro atoms. The molecule has 0 saturated carbocycles. The van der Waals surface area contributed by atoms with Crippen LogP contribution in [0.25, 0.3) is 99.7 Å². The maximum absolute atomic E-state index is 6.64. The molecule has 0 bridgehead atoms. The lowest BCUT2D eigenvalue weighted by Crippen LogP contribution is -2.26. The van der Waals surface area contributed by atoms with E-state index < -0.39 is 0 Å². The van der Waals surface area contributed by atoms with E-state index in [0.717, 1.165) is 61.3 Å². The Balaban J connectivity index is 1.07. The number of para-hydroxylation sites is 5. The first kappa shape index (κ1) is 29.6. The molecule has 5 nitrogen and oxygen atoms in total. The topological polar surface area (TPSA) is 48.8 Å². The summed E-state index contributed by atoms with van der Waals surface area (Å²) in [5.41, 5.74) is 13.8. The Labute approximate surface area is 310 Å². The predicted octanol–water partition coefficient (Wildman–Crippen LogP) is 12.5. The van der Waals surface area contributed by atoms with E-state index >= 15 is 0 Å². The molecule has 0 amide bonds. The third-order valence-corrected chi connectivity index (χ3v) is 11.7. The van der Waals surface area contributed by atoms with Gasteiger partial charge >= 0.3 is 0 Å². The molecule has 5 heterocycles. The molecule has 1 aliphatic heterocycles. The second kappa shape index (κ2) is 10.6. The predicted molar refractivity (Wildman–Crippen MR) is 221 cm³/mol. The number of hydrogen-bond acceptors (Lipinski definition) is 3. The highest BCUT2D eigenvalue weighted by Gasteiger charge is 2.37. The minimum absolute atomic E-state index is 0.268. The van der Waals surface area contributed by atoms with Gasteiger partial charge in [-0.2, -0.15) is 0 Å².